The van der Waals surface area contributed by atoms with Gasteiger partial charge in [0, 0.05) is 20.0 Å². The highest BCUT2D eigenvalue weighted by Crippen LogP contribution is 2.21. The summed E-state index contributed by atoms with van der Waals surface area (Å²) in [5.41, 5.74) is -1.71. The first kappa shape index (κ1) is 15.5. The first-order valence-corrected chi connectivity index (χ1v) is 5.49. The number of nitrogens with zero attached hydrogens (tertiary/aromatic N) is 1. The molecule has 1 rings (SSSR count). The van der Waals surface area contributed by atoms with Crippen molar-refractivity contribution in [2.24, 2.45) is 0 Å². The Kier molecular flexibility index (Phi) is 5.07. The van der Waals surface area contributed by atoms with Crippen molar-refractivity contribution in [2.75, 3.05) is 13.6 Å². The molecule has 0 bridgehead atoms. The smallest absolute Gasteiger partial charge is 0.307 e. The summed E-state index contributed by atoms with van der Waals surface area (Å²) in [5, 5.41) is 14.9. The molecule has 108 valence electrons. The van der Waals surface area contributed by atoms with Crippen molar-refractivity contribution in [1.29, 1.82) is 0 Å². The molecule has 0 atom stereocenters. The van der Waals surface area contributed by atoms with E-state index in [2.05, 4.69) is 10.6 Å². The standard InChI is InChI=1S/C11H11F2N3O4/c1-14-10(17)2-3-15-11(18)6-4-8(13)9(16(19)20)5-7(6)12/h4-5H,2-3H2,1H3,(H,14,17)(H,15,18). The summed E-state index contributed by atoms with van der Waals surface area (Å²) in [6.07, 6.45) is -0.0284. The van der Waals surface area contributed by atoms with Gasteiger partial charge in [0.2, 0.25) is 11.7 Å². The third-order valence-electron chi connectivity index (χ3n) is 2.39. The normalized spacial score (nSPS) is 9.95. The van der Waals surface area contributed by atoms with Gasteiger partial charge in [-0.05, 0) is 6.07 Å². The Balaban J connectivity index is 2.81. The Morgan fingerprint density at radius 3 is 2.50 bits per heavy atom. The third kappa shape index (κ3) is 3.70. The fraction of sp³-hybridized carbons (Fsp3) is 0.273. The molecular weight excluding hydrogens is 276 g/mol. The number of carbonyl (C=O) groups excluding carboxylic acids is 2. The number of hydrogen-bond acceptors (Lipinski definition) is 4. The highest BCUT2D eigenvalue weighted by atomic mass is 19.1. The summed E-state index contributed by atoms with van der Waals surface area (Å²) in [4.78, 5) is 31.7. The van der Waals surface area contributed by atoms with E-state index in [1.807, 2.05) is 0 Å². The van der Waals surface area contributed by atoms with Gasteiger partial charge in [-0.2, -0.15) is 4.39 Å². The van der Waals surface area contributed by atoms with Gasteiger partial charge in [-0.1, -0.05) is 0 Å². The maximum Gasteiger partial charge on any atom is 0.307 e. The SMILES string of the molecule is CNC(=O)CCNC(=O)c1cc(F)c([N+](=O)[O-])cc1F. The average Bonchev–Trinajstić information content (AvgIpc) is 2.40. The van der Waals surface area contributed by atoms with Crippen LogP contribution in [0.15, 0.2) is 12.1 Å². The predicted molar refractivity (Wildman–Crippen MR) is 64.0 cm³/mol. The second-order valence-corrected chi connectivity index (χ2v) is 3.72. The lowest BCUT2D eigenvalue weighted by atomic mass is 10.1. The van der Waals surface area contributed by atoms with Crippen molar-refractivity contribution in [2.45, 2.75) is 6.42 Å². The Bertz CT molecular complexity index is 563. The van der Waals surface area contributed by atoms with E-state index in [1.165, 1.54) is 7.05 Å². The summed E-state index contributed by atoms with van der Waals surface area (Å²) in [7, 11) is 1.41. The van der Waals surface area contributed by atoms with Crippen LogP contribution >= 0.6 is 0 Å². The number of carbonyl (C=O) groups is 2. The summed E-state index contributed by atoms with van der Waals surface area (Å²) in [6.45, 7) is -0.0729. The van der Waals surface area contributed by atoms with Crippen molar-refractivity contribution < 1.29 is 23.3 Å². The van der Waals surface area contributed by atoms with Gasteiger partial charge >= 0.3 is 5.69 Å². The molecule has 2 N–H and O–H groups in total. The van der Waals surface area contributed by atoms with Gasteiger partial charge in [-0.25, -0.2) is 4.39 Å². The van der Waals surface area contributed by atoms with Crippen LogP contribution in [0, 0.1) is 21.7 Å². The molecule has 0 radical (unpaired) electrons. The van der Waals surface area contributed by atoms with E-state index in [4.69, 9.17) is 0 Å². The van der Waals surface area contributed by atoms with Gasteiger partial charge in [-0.3, -0.25) is 19.7 Å². The van der Waals surface area contributed by atoms with Crippen molar-refractivity contribution in [3.63, 3.8) is 0 Å². The summed E-state index contributed by atoms with van der Waals surface area (Å²) in [6, 6.07) is 0.783. The van der Waals surface area contributed by atoms with E-state index in [0.717, 1.165) is 0 Å². The minimum absolute atomic E-state index is 0.0284. The van der Waals surface area contributed by atoms with E-state index in [-0.39, 0.29) is 18.9 Å². The van der Waals surface area contributed by atoms with Gasteiger partial charge in [0.25, 0.3) is 5.91 Å². The van der Waals surface area contributed by atoms with E-state index in [1.54, 1.807) is 0 Å². The van der Waals surface area contributed by atoms with Gasteiger partial charge in [0.15, 0.2) is 0 Å². The lowest BCUT2D eigenvalue weighted by molar-refractivity contribution is -0.387. The Labute approximate surface area is 112 Å². The molecule has 0 fully saturated rings. The maximum absolute atomic E-state index is 13.5. The molecule has 1 aromatic carbocycles. The molecule has 20 heavy (non-hydrogen) atoms. The first-order valence-electron chi connectivity index (χ1n) is 5.49. The minimum Gasteiger partial charge on any atom is -0.359 e. The zero-order valence-corrected chi connectivity index (χ0v) is 10.4. The number of nitrogens with one attached hydrogen (secondary N) is 2. The molecule has 0 heterocycles. The van der Waals surface area contributed by atoms with Crippen LogP contribution in [0.4, 0.5) is 14.5 Å². The highest BCUT2D eigenvalue weighted by molar-refractivity contribution is 5.95. The molecule has 0 unspecified atom stereocenters. The first-order chi connectivity index (χ1) is 9.36. The minimum atomic E-state index is -1.31. The quantitative estimate of drug-likeness (QED) is 0.616. The van der Waals surface area contributed by atoms with Crippen molar-refractivity contribution in [1.82, 2.24) is 10.6 Å². The number of benzene rings is 1. The summed E-state index contributed by atoms with van der Waals surface area (Å²) < 4.78 is 26.8. The lowest BCUT2D eigenvalue weighted by Gasteiger charge is -2.06. The zero-order valence-electron chi connectivity index (χ0n) is 10.4. The van der Waals surface area contributed by atoms with Crippen LogP contribution in [0.3, 0.4) is 0 Å². The van der Waals surface area contributed by atoms with E-state index >= 15 is 0 Å². The Morgan fingerprint density at radius 1 is 1.30 bits per heavy atom. The van der Waals surface area contributed by atoms with Crippen LogP contribution in [0.2, 0.25) is 0 Å². The van der Waals surface area contributed by atoms with Gasteiger partial charge < -0.3 is 10.6 Å². The van der Waals surface area contributed by atoms with Gasteiger partial charge in [0.05, 0.1) is 16.6 Å². The van der Waals surface area contributed by atoms with E-state index < -0.39 is 33.7 Å². The predicted octanol–water partition coefficient (Wildman–Crippen LogP) is 0.739. The number of nitro benzene ring substituents is 1. The second-order valence-electron chi connectivity index (χ2n) is 3.72. The molecule has 0 spiro atoms. The Hall–Kier alpha value is -2.58. The van der Waals surface area contributed by atoms with Crippen molar-refractivity contribution >= 4 is 17.5 Å². The maximum atomic E-state index is 13.5. The van der Waals surface area contributed by atoms with Gasteiger partial charge in [0.1, 0.15) is 5.82 Å². The largest absolute Gasteiger partial charge is 0.359 e. The van der Waals surface area contributed by atoms with Crippen LogP contribution in [0.25, 0.3) is 0 Å². The van der Waals surface area contributed by atoms with Crippen LogP contribution in [0.1, 0.15) is 16.8 Å². The fourth-order valence-corrected chi connectivity index (χ4v) is 1.36. The molecule has 0 saturated heterocycles. The summed E-state index contributed by atoms with van der Waals surface area (Å²) in [5.74, 6) is -3.82. The van der Waals surface area contributed by atoms with Crippen molar-refractivity contribution in [3.8, 4) is 0 Å². The number of halogens is 2. The fourth-order valence-electron chi connectivity index (χ4n) is 1.36. The second kappa shape index (κ2) is 6.55. The molecule has 2 amide bonds. The molecule has 0 aliphatic heterocycles. The van der Waals surface area contributed by atoms with Crippen LogP contribution in [-0.4, -0.2) is 30.3 Å². The van der Waals surface area contributed by atoms with E-state index in [9.17, 15) is 28.5 Å². The summed E-state index contributed by atoms with van der Waals surface area (Å²) >= 11 is 0. The number of hydrogen-bond donors (Lipinski definition) is 2. The average molecular weight is 287 g/mol. The molecule has 0 aliphatic carbocycles. The Morgan fingerprint density at radius 2 is 1.95 bits per heavy atom. The molecule has 0 saturated carbocycles. The van der Waals surface area contributed by atoms with E-state index in [0.29, 0.717) is 12.1 Å². The third-order valence-corrected chi connectivity index (χ3v) is 2.39. The molecule has 7 nitrogen and oxygen atoms in total. The molecule has 0 aliphatic rings. The van der Waals surface area contributed by atoms with Crippen LogP contribution in [0.5, 0.6) is 0 Å². The highest BCUT2D eigenvalue weighted by Gasteiger charge is 2.21. The van der Waals surface area contributed by atoms with Crippen molar-refractivity contribution in [3.05, 3.63) is 39.4 Å². The molecular formula is C11H11F2N3O4. The van der Waals surface area contributed by atoms with Crippen LogP contribution in [-0.2, 0) is 4.79 Å². The monoisotopic (exact) mass is 287 g/mol. The number of rotatable bonds is 5. The number of amides is 2. The molecule has 0 aromatic heterocycles. The molecule has 1 aromatic rings. The zero-order chi connectivity index (χ0) is 15.3. The molecule has 9 heteroatoms. The van der Waals surface area contributed by atoms with Gasteiger partial charge in [-0.15, -0.1) is 0 Å². The van der Waals surface area contributed by atoms with Crippen LogP contribution < -0.4 is 10.6 Å². The topological polar surface area (TPSA) is 101 Å². The lowest BCUT2D eigenvalue weighted by Crippen LogP contribution is -2.29. The number of nitro groups is 1.